The number of aliphatic hydroxyl groups excluding tert-OH is 1. The topological polar surface area (TPSA) is 29.5 Å². The van der Waals surface area contributed by atoms with Crippen LogP contribution in [0.25, 0.3) is 0 Å². The van der Waals surface area contributed by atoms with Crippen molar-refractivity contribution in [3.05, 3.63) is 11.6 Å². The summed E-state index contributed by atoms with van der Waals surface area (Å²) in [6.45, 7) is 2.91. The monoisotopic (exact) mass is 168 g/mol. The van der Waals surface area contributed by atoms with Crippen LogP contribution < -0.4 is 0 Å². The van der Waals surface area contributed by atoms with Gasteiger partial charge in [0.25, 0.3) is 0 Å². The Bertz CT molecular complexity index is 198. The van der Waals surface area contributed by atoms with Crippen LogP contribution >= 0.6 is 0 Å². The Morgan fingerprint density at radius 2 is 2.33 bits per heavy atom. The lowest BCUT2D eigenvalue weighted by Crippen LogP contribution is -2.37. The first-order chi connectivity index (χ1) is 5.77. The van der Waals surface area contributed by atoms with Crippen molar-refractivity contribution in [1.29, 1.82) is 0 Å². The van der Waals surface area contributed by atoms with E-state index < -0.39 is 0 Å². The molecule has 2 nitrogen and oxygen atoms in total. The maximum absolute atomic E-state index is 9.43. The highest BCUT2D eigenvalue weighted by molar-refractivity contribution is 5.10. The van der Waals surface area contributed by atoms with Crippen LogP contribution in [0, 0.1) is 5.92 Å². The maximum Gasteiger partial charge on any atom is 0.0669 e. The minimum absolute atomic E-state index is 0.128. The number of ether oxygens (including phenoxy) is 1. The summed E-state index contributed by atoms with van der Waals surface area (Å²) >= 11 is 0. The van der Waals surface area contributed by atoms with Crippen LogP contribution in [-0.4, -0.2) is 23.9 Å². The lowest BCUT2D eigenvalue weighted by molar-refractivity contribution is -0.0375. The molecule has 0 aromatic rings. The van der Waals surface area contributed by atoms with E-state index in [0.717, 1.165) is 25.9 Å². The molecule has 2 heteroatoms. The molecule has 1 aliphatic carbocycles. The number of fused-ring (bicyclic) bond motifs is 1. The highest BCUT2D eigenvalue weighted by atomic mass is 16.5. The van der Waals surface area contributed by atoms with Gasteiger partial charge in [0.05, 0.1) is 18.8 Å². The second kappa shape index (κ2) is 3.19. The van der Waals surface area contributed by atoms with Gasteiger partial charge in [0.15, 0.2) is 0 Å². The van der Waals surface area contributed by atoms with Crippen LogP contribution in [0.5, 0.6) is 0 Å². The molecule has 0 aromatic carbocycles. The molecule has 12 heavy (non-hydrogen) atoms. The van der Waals surface area contributed by atoms with Crippen molar-refractivity contribution in [3.8, 4) is 0 Å². The van der Waals surface area contributed by atoms with Crippen LogP contribution in [0.4, 0.5) is 0 Å². The summed E-state index contributed by atoms with van der Waals surface area (Å²) in [5.41, 5.74) is 1.46. The molecule has 1 saturated carbocycles. The molecule has 2 rings (SSSR count). The fraction of sp³-hybridized carbons (Fsp3) is 0.800. The van der Waals surface area contributed by atoms with Crippen molar-refractivity contribution in [2.45, 2.75) is 38.4 Å². The Morgan fingerprint density at radius 1 is 1.50 bits per heavy atom. The molecule has 1 heterocycles. The average molecular weight is 168 g/mol. The molecule has 1 N–H and O–H groups in total. The van der Waals surface area contributed by atoms with Crippen molar-refractivity contribution in [2.24, 2.45) is 5.92 Å². The van der Waals surface area contributed by atoms with Crippen LogP contribution in [0.15, 0.2) is 11.6 Å². The van der Waals surface area contributed by atoms with Crippen molar-refractivity contribution in [3.63, 3.8) is 0 Å². The number of aliphatic hydroxyl groups is 1. The Hall–Kier alpha value is -0.340. The zero-order chi connectivity index (χ0) is 8.55. The summed E-state index contributed by atoms with van der Waals surface area (Å²) < 4.78 is 5.59. The van der Waals surface area contributed by atoms with Crippen molar-refractivity contribution >= 4 is 0 Å². The van der Waals surface area contributed by atoms with E-state index in [1.807, 2.05) is 0 Å². The van der Waals surface area contributed by atoms with Gasteiger partial charge in [-0.2, -0.15) is 0 Å². The Morgan fingerprint density at radius 3 is 3.17 bits per heavy atom. The van der Waals surface area contributed by atoms with E-state index in [1.165, 1.54) is 5.57 Å². The second-order valence-corrected chi connectivity index (χ2v) is 3.89. The third-order valence-electron chi connectivity index (χ3n) is 3.06. The van der Waals surface area contributed by atoms with Crippen molar-refractivity contribution < 1.29 is 9.84 Å². The van der Waals surface area contributed by atoms with Gasteiger partial charge >= 0.3 is 0 Å². The minimum Gasteiger partial charge on any atom is -0.393 e. The maximum atomic E-state index is 9.43. The highest BCUT2D eigenvalue weighted by Gasteiger charge is 2.32. The van der Waals surface area contributed by atoms with E-state index >= 15 is 0 Å². The molecule has 0 radical (unpaired) electrons. The van der Waals surface area contributed by atoms with Gasteiger partial charge < -0.3 is 9.84 Å². The minimum atomic E-state index is -0.128. The van der Waals surface area contributed by atoms with E-state index in [0.29, 0.717) is 12.0 Å². The van der Waals surface area contributed by atoms with Crippen molar-refractivity contribution in [2.75, 3.05) is 6.61 Å². The summed E-state index contributed by atoms with van der Waals surface area (Å²) in [4.78, 5) is 0. The molecule has 0 bridgehead atoms. The fourth-order valence-electron chi connectivity index (χ4n) is 2.27. The lowest BCUT2D eigenvalue weighted by Gasteiger charge is -2.37. The predicted octanol–water partition coefficient (Wildman–Crippen LogP) is 1.49. The van der Waals surface area contributed by atoms with Gasteiger partial charge in [-0.3, -0.25) is 0 Å². The lowest BCUT2D eigenvalue weighted by atomic mass is 9.79. The largest absolute Gasteiger partial charge is 0.393 e. The molecular weight excluding hydrogens is 152 g/mol. The zero-order valence-corrected chi connectivity index (χ0v) is 7.49. The molecule has 0 spiro atoms. The Balaban J connectivity index is 2.08. The SMILES string of the molecule is CC1=CCOC2CC(O)CCC12. The molecule has 0 aromatic heterocycles. The third kappa shape index (κ3) is 1.41. The van der Waals surface area contributed by atoms with Gasteiger partial charge in [0.1, 0.15) is 0 Å². The summed E-state index contributed by atoms with van der Waals surface area (Å²) in [6, 6.07) is 0. The standard InChI is InChI=1S/C10H16O2/c1-7-4-5-12-10-6-8(11)2-3-9(7)10/h4,8-11H,2-3,5-6H2,1H3. The van der Waals surface area contributed by atoms with E-state index in [-0.39, 0.29) is 6.10 Å². The van der Waals surface area contributed by atoms with Crippen molar-refractivity contribution in [1.82, 2.24) is 0 Å². The van der Waals surface area contributed by atoms with Crippen LogP contribution in [0.2, 0.25) is 0 Å². The highest BCUT2D eigenvalue weighted by Crippen LogP contribution is 2.34. The molecule has 0 amide bonds. The number of hydrogen-bond acceptors (Lipinski definition) is 2. The zero-order valence-electron chi connectivity index (χ0n) is 7.49. The van der Waals surface area contributed by atoms with Gasteiger partial charge in [0.2, 0.25) is 0 Å². The average Bonchev–Trinajstić information content (AvgIpc) is 2.04. The molecule has 2 aliphatic rings. The fourth-order valence-corrected chi connectivity index (χ4v) is 2.27. The van der Waals surface area contributed by atoms with E-state index in [4.69, 9.17) is 4.74 Å². The van der Waals surface area contributed by atoms with Gasteiger partial charge in [-0.25, -0.2) is 0 Å². The molecule has 1 fully saturated rings. The first-order valence-corrected chi connectivity index (χ1v) is 4.73. The number of hydrogen-bond donors (Lipinski definition) is 1. The molecular formula is C10H16O2. The van der Waals surface area contributed by atoms with E-state index in [1.54, 1.807) is 0 Å². The summed E-state index contributed by atoms with van der Waals surface area (Å²) in [5.74, 6) is 0.585. The normalized spacial score (nSPS) is 41.8. The smallest absolute Gasteiger partial charge is 0.0669 e. The first-order valence-electron chi connectivity index (χ1n) is 4.73. The molecule has 1 aliphatic heterocycles. The Kier molecular flexibility index (Phi) is 2.20. The molecule has 3 unspecified atom stereocenters. The Labute approximate surface area is 73.2 Å². The number of rotatable bonds is 0. The summed E-state index contributed by atoms with van der Waals surface area (Å²) in [6.07, 6.45) is 5.19. The van der Waals surface area contributed by atoms with Crippen LogP contribution in [0.1, 0.15) is 26.2 Å². The van der Waals surface area contributed by atoms with Gasteiger partial charge in [0, 0.05) is 12.3 Å². The molecule has 3 atom stereocenters. The van der Waals surface area contributed by atoms with Crippen LogP contribution in [-0.2, 0) is 4.74 Å². The summed E-state index contributed by atoms with van der Waals surface area (Å²) in [7, 11) is 0. The first kappa shape index (κ1) is 8.27. The van der Waals surface area contributed by atoms with Crippen LogP contribution in [0.3, 0.4) is 0 Å². The van der Waals surface area contributed by atoms with E-state index in [9.17, 15) is 5.11 Å². The van der Waals surface area contributed by atoms with Gasteiger partial charge in [-0.1, -0.05) is 11.6 Å². The second-order valence-electron chi connectivity index (χ2n) is 3.89. The third-order valence-corrected chi connectivity index (χ3v) is 3.06. The van der Waals surface area contributed by atoms with E-state index in [2.05, 4.69) is 13.0 Å². The summed E-state index contributed by atoms with van der Waals surface area (Å²) in [5, 5.41) is 9.43. The van der Waals surface area contributed by atoms with Gasteiger partial charge in [-0.05, 0) is 19.8 Å². The molecule has 0 saturated heterocycles. The molecule has 68 valence electrons. The van der Waals surface area contributed by atoms with Gasteiger partial charge in [-0.15, -0.1) is 0 Å². The quantitative estimate of drug-likeness (QED) is 0.555. The predicted molar refractivity (Wildman–Crippen MR) is 46.8 cm³/mol.